The average Bonchev–Trinajstić information content (AvgIpc) is 2.58. The zero-order valence-corrected chi connectivity index (χ0v) is 28.6. The molecule has 0 aliphatic heterocycles. The minimum Gasteiger partial charge on any atom is -0.0943 e. The van der Waals surface area contributed by atoms with E-state index in [0.29, 0.717) is 0 Å². The molecule has 192 valence electrons. The van der Waals surface area contributed by atoms with Crippen molar-refractivity contribution >= 4 is 209 Å². The molecule has 0 radical (unpaired) electrons. The average molecular weight is 824 g/mol. The monoisotopic (exact) mass is 815 g/mol. The van der Waals surface area contributed by atoms with Crippen molar-refractivity contribution in [3.63, 3.8) is 0 Å². The van der Waals surface area contributed by atoms with Gasteiger partial charge in [0.1, 0.15) is 0 Å². The molecule has 0 atom stereocenters. The second-order valence-electron chi connectivity index (χ2n) is 6.42. The molecule has 0 aromatic heterocycles. The molecular weight excluding hydrogens is 818 g/mol. The third kappa shape index (κ3) is 6.06. The minimum atomic E-state index is -2.57. The number of alkyl halides is 18. The van der Waals surface area contributed by atoms with Crippen LogP contribution in [0.15, 0.2) is 18.2 Å². The highest BCUT2D eigenvalue weighted by atomic mass is 35.6. The van der Waals surface area contributed by atoms with Crippen LogP contribution in [-0.4, -0.2) is 24.9 Å². The molecule has 0 amide bonds. The molecule has 0 fully saturated rings. The summed E-state index contributed by atoms with van der Waals surface area (Å²) >= 11 is 111. The van der Waals surface area contributed by atoms with Gasteiger partial charge in [-0.05, 0) is 23.6 Å². The number of hydrogen-bond acceptors (Lipinski definition) is 0. The van der Waals surface area contributed by atoms with Gasteiger partial charge in [-0.25, -0.2) is 0 Å². The van der Waals surface area contributed by atoms with Crippen molar-refractivity contribution in [1.82, 2.24) is 0 Å². The first-order chi connectivity index (χ1) is 14.1. The summed E-state index contributed by atoms with van der Waals surface area (Å²) in [6.45, 7) is 1.44. The molecule has 33 heavy (non-hydrogen) atoms. The van der Waals surface area contributed by atoms with Crippen LogP contribution in [0.4, 0.5) is 0 Å². The Hall–Kier alpha value is 4.44. The van der Waals surface area contributed by atoms with Gasteiger partial charge in [-0.2, -0.15) is 0 Å². The first-order valence-corrected chi connectivity index (χ1v) is 14.4. The van der Waals surface area contributed by atoms with Gasteiger partial charge in [-0.1, -0.05) is 227 Å². The molecule has 0 heterocycles. The molecule has 1 aromatic rings. The Labute approximate surface area is 280 Å². The van der Waals surface area contributed by atoms with Gasteiger partial charge in [0.2, 0.25) is 16.3 Å². The predicted molar refractivity (Wildman–Crippen MR) is 156 cm³/mol. The van der Waals surface area contributed by atoms with Gasteiger partial charge in [-0.15, -0.1) is 0 Å². The summed E-state index contributed by atoms with van der Waals surface area (Å²) in [6.07, 6.45) is 0. The van der Waals surface area contributed by atoms with Crippen LogP contribution in [0.2, 0.25) is 0 Å². The molecule has 1 rings (SSSR count). The lowest BCUT2D eigenvalue weighted by Gasteiger charge is -2.46. The zero-order chi connectivity index (χ0) is 26.9. The van der Waals surface area contributed by atoms with Crippen LogP contribution in [-0.2, 0) is 8.67 Å². The van der Waals surface area contributed by atoms with Crippen LogP contribution in [0.25, 0.3) is 0 Å². The molecule has 0 saturated carbocycles. The molecule has 0 nitrogen and oxygen atoms in total. The Morgan fingerprint density at radius 2 is 0.667 bits per heavy atom. The Balaban J connectivity index is 3.83. The van der Waals surface area contributed by atoms with Crippen LogP contribution in [0.5, 0.6) is 0 Å². The SMILES string of the molecule is Cc1c(C(Cl)(Cl)C(Cl)(Cl)C(Cl)(Cl)C(Cl)(Cl)Cl)cccc1C(Cl)(Cl)C(Cl)(Cl)C(Cl)(Cl)C(Cl)(Cl)Cl. The number of rotatable bonds is 6. The molecule has 0 saturated heterocycles. The van der Waals surface area contributed by atoms with Gasteiger partial charge >= 0.3 is 0 Å². The molecule has 0 bridgehead atoms. The van der Waals surface area contributed by atoms with E-state index in [9.17, 15) is 0 Å². The number of hydrogen-bond donors (Lipinski definition) is 0. The highest BCUT2D eigenvalue weighted by molar-refractivity contribution is 6.81. The van der Waals surface area contributed by atoms with E-state index in [0.717, 1.165) is 0 Å². The molecule has 0 spiro atoms. The molecule has 0 aliphatic carbocycles. The van der Waals surface area contributed by atoms with E-state index in [-0.39, 0.29) is 16.7 Å². The summed E-state index contributed by atoms with van der Waals surface area (Å²) in [5.41, 5.74) is 0.0177. The first kappa shape index (κ1) is 35.5. The van der Waals surface area contributed by atoms with E-state index in [4.69, 9.17) is 209 Å². The molecule has 1 aromatic carbocycles. The number of halogens is 18. The van der Waals surface area contributed by atoms with Crippen LogP contribution < -0.4 is 0 Å². The fourth-order valence-corrected chi connectivity index (χ4v) is 7.15. The lowest BCUT2D eigenvalue weighted by Crippen LogP contribution is -2.56. The lowest BCUT2D eigenvalue weighted by molar-refractivity contribution is 0.586. The largest absolute Gasteiger partial charge is 0.226 e. The van der Waals surface area contributed by atoms with Gasteiger partial charge in [0.25, 0.3) is 0 Å². The van der Waals surface area contributed by atoms with Crippen LogP contribution in [0, 0.1) is 6.92 Å². The normalized spacial score (nSPS) is 15.7. The Morgan fingerprint density at radius 1 is 0.424 bits per heavy atom. The summed E-state index contributed by atoms with van der Waals surface area (Å²) in [5.74, 6) is 0. The summed E-state index contributed by atoms with van der Waals surface area (Å²) in [7, 11) is 0. The van der Waals surface area contributed by atoms with E-state index in [1.165, 1.54) is 25.1 Å². The second kappa shape index (κ2) is 11.0. The van der Waals surface area contributed by atoms with Crippen molar-refractivity contribution in [2.45, 2.75) is 40.5 Å². The number of benzene rings is 1. The highest BCUT2D eigenvalue weighted by Gasteiger charge is 2.70. The van der Waals surface area contributed by atoms with E-state index in [1.807, 2.05) is 0 Å². The van der Waals surface area contributed by atoms with Gasteiger partial charge < -0.3 is 0 Å². The lowest BCUT2D eigenvalue weighted by atomic mass is 9.93. The molecule has 18 heteroatoms. The van der Waals surface area contributed by atoms with Gasteiger partial charge in [0.15, 0.2) is 17.3 Å². The van der Waals surface area contributed by atoms with E-state index in [1.54, 1.807) is 0 Å². The van der Waals surface area contributed by atoms with Crippen molar-refractivity contribution < 1.29 is 0 Å². The van der Waals surface area contributed by atoms with Crippen LogP contribution in [0.1, 0.15) is 16.7 Å². The van der Waals surface area contributed by atoms with Crippen molar-refractivity contribution in [3.8, 4) is 0 Å². The first-order valence-electron chi connectivity index (χ1n) is 7.65. The summed E-state index contributed by atoms with van der Waals surface area (Å²) in [4.78, 5) is 0. The fraction of sp³-hybridized carbons (Fsp3) is 0.600. The molecule has 0 aliphatic rings. The standard InChI is InChI=1S/C15H6Cl18/c1-5-6(8(16,17)10(20,21)12(24,25)14(28,29)30)3-2-4-7(5)9(18,19)11(22,23)13(26,27)15(31,32)33/h2-4H,1H3. The van der Waals surface area contributed by atoms with E-state index >= 15 is 0 Å². The summed E-state index contributed by atoms with van der Waals surface area (Å²) in [6, 6.07) is 4.12. The van der Waals surface area contributed by atoms with E-state index < -0.39 is 33.6 Å². The maximum Gasteiger partial charge on any atom is 0.226 e. The van der Waals surface area contributed by atoms with Crippen LogP contribution in [0.3, 0.4) is 0 Å². The molecular formula is C15H6Cl18. The maximum atomic E-state index is 6.54. The van der Waals surface area contributed by atoms with Crippen LogP contribution >= 0.6 is 209 Å². The predicted octanol–water partition coefficient (Wildman–Crippen LogP) is 12.7. The van der Waals surface area contributed by atoms with Crippen molar-refractivity contribution in [3.05, 3.63) is 34.9 Å². The maximum absolute atomic E-state index is 6.54. The minimum absolute atomic E-state index is 0.0494. The zero-order valence-electron chi connectivity index (χ0n) is 15.0. The Morgan fingerprint density at radius 3 is 0.879 bits per heavy atom. The van der Waals surface area contributed by atoms with E-state index in [2.05, 4.69) is 0 Å². The molecule has 0 N–H and O–H groups in total. The summed E-state index contributed by atoms with van der Waals surface area (Å²) < 4.78 is -19.9. The fourth-order valence-electron chi connectivity index (χ4n) is 2.40. The topological polar surface area (TPSA) is 0 Å². The van der Waals surface area contributed by atoms with Gasteiger partial charge in [-0.3, -0.25) is 0 Å². The van der Waals surface area contributed by atoms with Crippen molar-refractivity contribution in [1.29, 1.82) is 0 Å². The third-order valence-electron chi connectivity index (χ3n) is 4.30. The van der Waals surface area contributed by atoms with Crippen molar-refractivity contribution in [2.24, 2.45) is 0 Å². The second-order valence-corrected chi connectivity index (χ2v) is 18.9. The third-order valence-corrected chi connectivity index (χ3v) is 15.2. The smallest absolute Gasteiger partial charge is 0.0943 e. The van der Waals surface area contributed by atoms with Crippen molar-refractivity contribution in [2.75, 3.05) is 0 Å². The Bertz CT molecular complexity index is 804. The van der Waals surface area contributed by atoms with Gasteiger partial charge in [0, 0.05) is 0 Å². The molecule has 0 unspecified atom stereocenters. The highest BCUT2D eigenvalue weighted by Crippen LogP contribution is 2.68. The Kier molecular flexibility index (Phi) is 11.8. The summed E-state index contributed by atoms with van der Waals surface area (Å²) in [5, 5.41) is 0. The quantitative estimate of drug-likeness (QED) is 0.251. The van der Waals surface area contributed by atoms with Gasteiger partial charge in [0.05, 0.1) is 0 Å².